The fourth-order valence-corrected chi connectivity index (χ4v) is 2.67. The molecule has 8 heteroatoms. The minimum absolute atomic E-state index is 0.0492. The smallest absolute Gasteiger partial charge is 0.320 e. The van der Waals surface area contributed by atoms with Gasteiger partial charge in [0.25, 0.3) is 0 Å². The van der Waals surface area contributed by atoms with E-state index in [0.29, 0.717) is 23.3 Å². The van der Waals surface area contributed by atoms with Crippen LogP contribution in [0.5, 0.6) is 6.01 Å². The zero-order chi connectivity index (χ0) is 18.7. The number of imidazole rings is 1. The van der Waals surface area contributed by atoms with E-state index in [2.05, 4.69) is 21.9 Å². The number of hydrogen-bond donors (Lipinski definition) is 1. The van der Waals surface area contributed by atoms with Gasteiger partial charge in [0, 0.05) is 5.56 Å². The predicted molar refractivity (Wildman–Crippen MR) is 95.0 cm³/mol. The molecule has 2 heterocycles. The minimum Gasteiger partial charge on any atom is -0.463 e. The normalized spacial score (nSPS) is 11.2. The largest absolute Gasteiger partial charge is 0.463 e. The highest BCUT2D eigenvalue weighted by molar-refractivity contribution is 5.81. The summed E-state index contributed by atoms with van der Waals surface area (Å²) in [5, 5.41) is 0. The standard InChI is InChI=1S/C18H21F2N5O/c1-3-4-5-8-26-18-23-16(21)15-17(24-18)25(10-22-15)9-12-13(19)7-6-11(2)14(12)20/h6-7,10H,3-5,8-9H2,1-2H3,(H2,21,23,24). The molecule has 2 aromatic heterocycles. The van der Waals surface area contributed by atoms with E-state index in [-0.39, 0.29) is 23.9 Å². The number of hydrogen-bond acceptors (Lipinski definition) is 5. The van der Waals surface area contributed by atoms with Gasteiger partial charge in [-0.3, -0.25) is 0 Å². The van der Waals surface area contributed by atoms with E-state index < -0.39 is 11.6 Å². The van der Waals surface area contributed by atoms with Gasteiger partial charge in [-0.15, -0.1) is 0 Å². The molecule has 2 N–H and O–H groups in total. The Morgan fingerprint density at radius 2 is 2.00 bits per heavy atom. The second kappa shape index (κ2) is 7.63. The van der Waals surface area contributed by atoms with Crippen LogP contribution in [0.2, 0.25) is 0 Å². The molecule has 3 rings (SSSR count). The number of anilines is 1. The number of rotatable bonds is 7. The molecule has 0 saturated carbocycles. The van der Waals surface area contributed by atoms with E-state index in [1.165, 1.54) is 23.0 Å². The van der Waals surface area contributed by atoms with Crippen molar-refractivity contribution in [2.24, 2.45) is 0 Å². The number of fused-ring (bicyclic) bond motifs is 1. The van der Waals surface area contributed by atoms with E-state index in [4.69, 9.17) is 10.5 Å². The number of ether oxygens (including phenoxy) is 1. The molecule has 0 unspecified atom stereocenters. The summed E-state index contributed by atoms with van der Waals surface area (Å²) in [6.07, 6.45) is 4.45. The first-order chi connectivity index (χ1) is 12.5. The van der Waals surface area contributed by atoms with Gasteiger partial charge < -0.3 is 15.0 Å². The van der Waals surface area contributed by atoms with Crippen LogP contribution in [0, 0.1) is 18.6 Å². The van der Waals surface area contributed by atoms with E-state index in [1.807, 2.05) is 0 Å². The Kier molecular flexibility index (Phi) is 5.29. The highest BCUT2D eigenvalue weighted by atomic mass is 19.1. The highest BCUT2D eigenvalue weighted by Crippen LogP contribution is 2.23. The van der Waals surface area contributed by atoms with E-state index in [0.717, 1.165) is 19.3 Å². The zero-order valence-corrected chi connectivity index (χ0v) is 14.8. The third-order valence-corrected chi connectivity index (χ3v) is 4.16. The van der Waals surface area contributed by atoms with Gasteiger partial charge in [-0.1, -0.05) is 25.8 Å². The molecule has 0 aliphatic carbocycles. The van der Waals surface area contributed by atoms with Crippen molar-refractivity contribution >= 4 is 17.0 Å². The predicted octanol–water partition coefficient (Wildman–Crippen LogP) is 3.61. The van der Waals surface area contributed by atoms with Crippen LogP contribution in [0.15, 0.2) is 18.5 Å². The lowest BCUT2D eigenvalue weighted by Crippen LogP contribution is -2.08. The molecule has 0 spiro atoms. The molecular weight excluding hydrogens is 340 g/mol. The van der Waals surface area contributed by atoms with Gasteiger partial charge in [0.05, 0.1) is 19.5 Å². The fraction of sp³-hybridized carbons (Fsp3) is 0.389. The molecule has 0 radical (unpaired) electrons. The topological polar surface area (TPSA) is 78.9 Å². The van der Waals surface area contributed by atoms with Gasteiger partial charge in [0.15, 0.2) is 17.0 Å². The third kappa shape index (κ3) is 3.58. The molecule has 0 amide bonds. The number of aryl methyl sites for hydroxylation is 1. The van der Waals surface area contributed by atoms with Crippen molar-refractivity contribution in [3.05, 3.63) is 41.2 Å². The molecule has 1 aromatic carbocycles. The van der Waals surface area contributed by atoms with Crippen molar-refractivity contribution in [2.75, 3.05) is 12.3 Å². The number of nitrogens with zero attached hydrogens (tertiary/aromatic N) is 4. The summed E-state index contributed by atoms with van der Waals surface area (Å²) < 4.78 is 35.4. The third-order valence-electron chi connectivity index (χ3n) is 4.16. The fourth-order valence-electron chi connectivity index (χ4n) is 2.67. The van der Waals surface area contributed by atoms with E-state index in [1.54, 1.807) is 6.92 Å². The van der Waals surface area contributed by atoms with Crippen molar-refractivity contribution < 1.29 is 13.5 Å². The van der Waals surface area contributed by atoms with Crippen LogP contribution < -0.4 is 10.5 Å². The van der Waals surface area contributed by atoms with Crippen molar-refractivity contribution in [1.29, 1.82) is 0 Å². The van der Waals surface area contributed by atoms with Crippen LogP contribution in [-0.2, 0) is 6.54 Å². The van der Waals surface area contributed by atoms with Crippen molar-refractivity contribution in [3.63, 3.8) is 0 Å². The van der Waals surface area contributed by atoms with Gasteiger partial charge in [-0.05, 0) is 25.0 Å². The molecule has 138 valence electrons. The molecule has 0 aliphatic heterocycles. The van der Waals surface area contributed by atoms with Crippen LogP contribution in [0.3, 0.4) is 0 Å². The lowest BCUT2D eigenvalue weighted by molar-refractivity contribution is 0.284. The first-order valence-corrected chi connectivity index (χ1v) is 8.56. The van der Waals surface area contributed by atoms with Crippen LogP contribution in [0.1, 0.15) is 37.3 Å². The lowest BCUT2D eigenvalue weighted by atomic mass is 10.1. The summed E-state index contributed by atoms with van der Waals surface area (Å²) in [7, 11) is 0. The Bertz CT molecular complexity index is 926. The molecule has 0 fully saturated rings. The van der Waals surface area contributed by atoms with Crippen LogP contribution >= 0.6 is 0 Å². The SMILES string of the molecule is CCCCCOc1nc(N)c2ncn(Cc3c(F)ccc(C)c3F)c2n1. The average Bonchev–Trinajstić information content (AvgIpc) is 3.02. The Labute approximate surface area is 150 Å². The molecule has 0 saturated heterocycles. The van der Waals surface area contributed by atoms with E-state index in [9.17, 15) is 8.78 Å². The summed E-state index contributed by atoms with van der Waals surface area (Å²) in [5.74, 6) is -1.03. The zero-order valence-electron chi connectivity index (χ0n) is 14.8. The summed E-state index contributed by atoms with van der Waals surface area (Å²) in [6.45, 7) is 4.12. The van der Waals surface area contributed by atoms with Gasteiger partial charge in [-0.25, -0.2) is 13.8 Å². The second-order valence-corrected chi connectivity index (χ2v) is 6.15. The Balaban J connectivity index is 1.92. The van der Waals surface area contributed by atoms with Crippen molar-refractivity contribution in [1.82, 2.24) is 19.5 Å². The van der Waals surface area contributed by atoms with Crippen molar-refractivity contribution in [2.45, 2.75) is 39.7 Å². The number of aromatic nitrogens is 4. The Hall–Kier alpha value is -2.77. The summed E-state index contributed by atoms with van der Waals surface area (Å²) in [6, 6.07) is 2.79. The maximum atomic E-state index is 14.3. The molecule has 0 aliphatic rings. The van der Waals surface area contributed by atoms with Gasteiger partial charge in [-0.2, -0.15) is 9.97 Å². The number of nitrogens with two attached hydrogens (primary N) is 1. The number of benzene rings is 1. The monoisotopic (exact) mass is 361 g/mol. The minimum atomic E-state index is -0.618. The molecule has 0 atom stereocenters. The Morgan fingerprint density at radius 3 is 2.77 bits per heavy atom. The van der Waals surface area contributed by atoms with Gasteiger partial charge in [0.1, 0.15) is 11.6 Å². The number of nitrogen functional groups attached to an aromatic ring is 1. The molecular formula is C18H21F2N5O. The molecule has 26 heavy (non-hydrogen) atoms. The summed E-state index contributed by atoms with van der Waals surface area (Å²) in [4.78, 5) is 12.6. The first kappa shape index (κ1) is 18.0. The lowest BCUT2D eigenvalue weighted by Gasteiger charge is -2.10. The van der Waals surface area contributed by atoms with Crippen LogP contribution in [0.25, 0.3) is 11.2 Å². The molecule has 0 bridgehead atoms. The van der Waals surface area contributed by atoms with Crippen LogP contribution in [-0.4, -0.2) is 26.1 Å². The number of halogens is 2. The van der Waals surface area contributed by atoms with E-state index >= 15 is 0 Å². The van der Waals surface area contributed by atoms with Crippen LogP contribution in [0.4, 0.5) is 14.6 Å². The quantitative estimate of drug-likeness (QED) is 0.650. The molecule has 6 nitrogen and oxygen atoms in total. The highest BCUT2D eigenvalue weighted by Gasteiger charge is 2.16. The Morgan fingerprint density at radius 1 is 1.19 bits per heavy atom. The summed E-state index contributed by atoms with van der Waals surface area (Å²) in [5.41, 5.74) is 7.00. The maximum Gasteiger partial charge on any atom is 0.320 e. The first-order valence-electron chi connectivity index (χ1n) is 8.56. The van der Waals surface area contributed by atoms with Gasteiger partial charge >= 0.3 is 6.01 Å². The second-order valence-electron chi connectivity index (χ2n) is 6.15. The summed E-state index contributed by atoms with van der Waals surface area (Å²) >= 11 is 0. The van der Waals surface area contributed by atoms with Crippen molar-refractivity contribution in [3.8, 4) is 6.01 Å². The van der Waals surface area contributed by atoms with Gasteiger partial charge in [0.2, 0.25) is 0 Å². The number of unbranched alkanes of at least 4 members (excludes halogenated alkanes) is 2. The molecule has 3 aromatic rings. The average molecular weight is 361 g/mol. The maximum absolute atomic E-state index is 14.3.